The summed E-state index contributed by atoms with van der Waals surface area (Å²) in [6.45, 7) is 2.22. The van der Waals surface area contributed by atoms with Crippen molar-refractivity contribution in [3.8, 4) is 0 Å². The van der Waals surface area contributed by atoms with Gasteiger partial charge in [-0.15, -0.1) is 0 Å². The molecule has 0 aliphatic heterocycles. The Balaban J connectivity index is 3.29. The Labute approximate surface area is 111 Å². The minimum Gasteiger partial charge on any atom is -0.361 e. The zero-order valence-corrected chi connectivity index (χ0v) is 12.3. The number of rotatable bonds is 12. The van der Waals surface area contributed by atoms with Gasteiger partial charge in [0.25, 0.3) is 0 Å². The Morgan fingerprint density at radius 1 is 0.889 bits per heavy atom. The second kappa shape index (κ2) is 11.4. The highest BCUT2D eigenvalue weighted by atomic mass is 32.2. The molecule has 0 radical (unpaired) electrons. The second-order valence-electron chi connectivity index (χ2n) is 4.77. The van der Waals surface area contributed by atoms with Crippen LogP contribution in [0.15, 0.2) is 0 Å². The number of hydrogen-bond donors (Lipinski definition) is 0. The third-order valence-electron chi connectivity index (χ3n) is 2.99. The average Bonchev–Trinajstić information content (AvgIpc) is 2.31. The summed E-state index contributed by atoms with van der Waals surface area (Å²) in [6, 6.07) is 0. The van der Waals surface area contributed by atoms with Gasteiger partial charge in [-0.05, 0) is 6.42 Å². The highest BCUT2D eigenvalue weighted by molar-refractivity contribution is 8.04. The van der Waals surface area contributed by atoms with Crippen molar-refractivity contribution in [2.75, 3.05) is 5.75 Å². The normalized spacial score (nSPS) is 11.2. The fraction of sp³-hybridized carbons (Fsp3) is 0.923. The van der Waals surface area contributed by atoms with Crippen molar-refractivity contribution in [2.24, 2.45) is 0 Å². The molecule has 4 nitrogen and oxygen atoms in total. The molecule has 0 aliphatic carbocycles. The molecule has 5 heteroatoms. The standard InChI is InChI=1S/C13H26N2O2S/c1-2-3-4-5-6-7-8-9-10-11-12-18(16,17)13-15-14/h13H,2-12H2,1H3. The maximum Gasteiger partial charge on any atom is 0.370 e. The van der Waals surface area contributed by atoms with E-state index in [4.69, 9.17) is 5.53 Å². The summed E-state index contributed by atoms with van der Waals surface area (Å²) in [7, 11) is -3.28. The van der Waals surface area contributed by atoms with Gasteiger partial charge in [0.15, 0.2) is 0 Å². The minimum absolute atomic E-state index is 0.0908. The molecule has 0 bridgehead atoms. The Bertz CT molecular complexity index is 333. The second-order valence-corrected chi connectivity index (χ2v) is 6.71. The molecule has 0 amide bonds. The van der Waals surface area contributed by atoms with Crippen LogP contribution in [0.1, 0.15) is 71.1 Å². The zero-order chi connectivity index (χ0) is 13.7. The number of nitrogens with zero attached hydrogens (tertiary/aromatic N) is 2. The fourth-order valence-electron chi connectivity index (χ4n) is 1.92. The van der Waals surface area contributed by atoms with Crippen molar-refractivity contribution in [3.05, 3.63) is 5.53 Å². The predicted molar refractivity (Wildman–Crippen MR) is 75.3 cm³/mol. The summed E-state index contributed by atoms with van der Waals surface area (Å²) in [5.41, 5.74) is 8.78. The lowest BCUT2D eigenvalue weighted by atomic mass is 10.1. The number of unbranched alkanes of at least 4 members (excludes halogenated alkanes) is 9. The van der Waals surface area contributed by atoms with Crippen LogP contribution in [-0.4, -0.2) is 24.5 Å². The highest BCUT2D eigenvalue weighted by Crippen LogP contribution is 2.10. The summed E-state index contributed by atoms with van der Waals surface area (Å²) >= 11 is 0. The zero-order valence-electron chi connectivity index (χ0n) is 11.5. The minimum atomic E-state index is -3.28. The van der Waals surface area contributed by atoms with E-state index in [0.29, 0.717) is 12.0 Å². The number of hydrogen-bond acceptors (Lipinski definition) is 2. The predicted octanol–water partition coefficient (Wildman–Crippen LogP) is 3.58. The van der Waals surface area contributed by atoms with Gasteiger partial charge in [-0.2, -0.15) is 4.79 Å². The van der Waals surface area contributed by atoms with Crippen LogP contribution in [0.5, 0.6) is 0 Å². The topological polar surface area (TPSA) is 70.5 Å². The van der Waals surface area contributed by atoms with Crippen molar-refractivity contribution in [3.63, 3.8) is 0 Å². The van der Waals surface area contributed by atoms with E-state index in [1.54, 1.807) is 0 Å². The lowest BCUT2D eigenvalue weighted by molar-refractivity contribution is 0.00754. The third kappa shape index (κ3) is 11.8. The fourth-order valence-corrected chi connectivity index (χ4v) is 2.77. The van der Waals surface area contributed by atoms with Crippen molar-refractivity contribution < 1.29 is 13.2 Å². The Morgan fingerprint density at radius 3 is 1.78 bits per heavy atom. The molecule has 0 spiro atoms. The van der Waals surface area contributed by atoms with Gasteiger partial charge in [0.05, 0.1) is 5.75 Å². The number of sulfone groups is 1. The molecule has 106 valence electrons. The molecule has 0 saturated heterocycles. The van der Waals surface area contributed by atoms with Gasteiger partial charge in [0, 0.05) is 0 Å². The van der Waals surface area contributed by atoms with E-state index in [9.17, 15) is 8.42 Å². The summed E-state index contributed by atoms with van der Waals surface area (Å²) in [5.74, 6) is 0.0908. The van der Waals surface area contributed by atoms with Gasteiger partial charge in [0.2, 0.25) is 9.84 Å². The highest BCUT2D eigenvalue weighted by Gasteiger charge is 2.10. The van der Waals surface area contributed by atoms with E-state index in [2.05, 4.69) is 11.7 Å². The molecule has 0 saturated carbocycles. The first-order chi connectivity index (χ1) is 8.62. The Hall–Kier alpha value is -0.670. The summed E-state index contributed by atoms with van der Waals surface area (Å²) in [5, 5.41) is 0. The summed E-state index contributed by atoms with van der Waals surface area (Å²) < 4.78 is 22.3. The molecule has 0 heterocycles. The maximum atomic E-state index is 11.2. The maximum absolute atomic E-state index is 11.2. The molecule has 0 aromatic carbocycles. The monoisotopic (exact) mass is 274 g/mol. The molecular formula is C13H26N2O2S. The van der Waals surface area contributed by atoms with Crippen LogP contribution >= 0.6 is 0 Å². The van der Waals surface area contributed by atoms with Gasteiger partial charge in [-0.25, -0.2) is 8.42 Å². The van der Waals surface area contributed by atoms with E-state index in [-0.39, 0.29) is 5.75 Å². The van der Waals surface area contributed by atoms with E-state index in [1.807, 2.05) is 0 Å². The van der Waals surface area contributed by atoms with Crippen LogP contribution in [-0.2, 0) is 9.84 Å². The molecule has 0 rings (SSSR count). The van der Waals surface area contributed by atoms with Crippen LogP contribution in [0.4, 0.5) is 0 Å². The SMILES string of the molecule is CCCCCCCCCCCCS(=O)(=O)C=[N+]=[N-]. The van der Waals surface area contributed by atoms with Gasteiger partial charge in [-0.1, -0.05) is 64.7 Å². The molecule has 0 atom stereocenters. The van der Waals surface area contributed by atoms with Gasteiger partial charge >= 0.3 is 5.55 Å². The van der Waals surface area contributed by atoms with Crippen molar-refractivity contribution in [1.29, 1.82) is 0 Å². The van der Waals surface area contributed by atoms with Crippen molar-refractivity contribution >= 4 is 15.4 Å². The molecule has 0 aromatic heterocycles. The lowest BCUT2D eigenvalue weighted by Crippen LogP contribution is -2.07. The van der Waals surface area contributed by atoms with Gasteiger partial charge in [-0.3, -0.25) is 0 Å². The molecule has 0 aliphatic rings. The van der Waals surface area contributed by atoms with Gasteiger partial charge < -0.3 is 5.53 Å². The molecular weight excluding hydrogens is 248 g/mol. The average molecular weight is 274 g/mol. The first-order valence-corrected chi connectivity index (χ1v) is 8.74. The van der Waals surface area contributed by atoms with Crippen LogP contribution in [0.25, 0.3) is 5.53 Å². The van der Waals surface area contributed by atoms with Crippen LogP contribution in [0.3, 0.4) is 0 Å². The largest absolute Gasteiger partial charge is 0.370 e. The molecule has 0 aromatic rings. The quantitative estimate of drug-likeness (QED) is 0.179. The molecule has 0 fully saturated rings. The molecule has 0 N–H and O–H groups in total. The van der Waals surface area contributed by atoms with Crippen LogP contribution in [0, 0.1) is 0 Å². The van der Waals surface area contributed by atoms with Crippen LogP contribution < -0.4 is 0 Å². The Kier molecular flexibility index (Phi) is 11.0. The summed E-state index contributed by atoms with van der Waals surface area (Å²) in [6.07, 6.45) is 11.7. The van der Waals surface area contributed by atoms with Crippen molar-refractivity contribution in [2.45, 2.75) is 71.1 Å². The van der Waals surface area contributed by atoms with Crippen LogP contribution in [0.2, 0.25) is 0 Å². The summed E-state index contributed by atoms with van der Waals surface area (Å²) in [4.78, 5) is 2.56. The molecule has 18 heavy (non-hydrogen) atoms. The smallest absolute Gasteiger partial charge is 0.361 e. The third-order valence-corrected chi connectivity index (χ3v) is 4.26. The first-order valence-electron chi connectivity index (χ1n) is 7.02. The van der Waals surface area contributed by atoms with Gasteiger partial charge in [0.1, 0.15) is 0 Å². The van der Waals surface area contributed by atoms with E-state index < -0.39 is 9.84 Å². The van der Waals surface area contributed by atoms with E-state index in [0.717, 1.165) is 12.8 Å². The van der Waals surface area contributed by atoms with E-state index in [1.165, 1.54) is 44.9 Å². The van der Waals surface area contributed by atoms with E-state index >= 15 is 0 Å². The Morgan fingerprint density at radius 2 is 1.33 bits per heavy atom. The lowest BCUT2D eigenvalue weighted by Gasteiger charge is -2.01. The van der Waals surface area contributed by atoms with Crippen molar-refractivity contribution in [1.82, 2.24) is 0 Å². The first kappa shape index (κ1) is 17.3. The molecule has 0 unspecified atom stereocenters.